The molecule has 1 N–H and O–H groups in total. The lowest BCUT2D eigenvalue weighted by Gasteiger charge is -2.18. The fourth-order valence-electron chi connectivity index (χ4n) is 2.95. The van der Waals surface area contributed by atoms with Gasteiger partial charge in [-0.2, -0.15) is 0 Å². The van der Waals surface area contributed by atoms with Crippen LogP contribution in [0, 0.1) is 0 Å². The second kappa shape index (κ2) is 6.01. The summed E-state index contributed by atoms with van der Waals surface area (Å²) in [6.45, 7) is 0.0660. The monoisotopic (exact) mass is 392 g/mol. The summed E-state index contributed by atoms with van der Waals surface area (Å²) in [4.78, 5) is 13.5. The Bertz CT molecular complexity index is 1090. The van der Waals surface area contributed by atoms with Crippen LogP contribution in [0.25, 0.3) is 10.8 Å². The molecular formula is C17H13ClN2O3S2. The highest BCUT2D eigenvalue weighted by atomic mass is 35.5. The number of carbonyl (C=O) groups excluding carboxylic acids is 1. The van der Waals surface area contributed by atoms with E-state index in [1.54, 1.807) is 30.3 Å². The van der Waals surface area contributed by atoms with Gasteiger partial charge in [0.15, 0.2) is 0 Å². The molecule has 1 aromatic heterocycles. The summed E-state index contributed by atoms with van der Waals surface area (Å²) >= 11 is 7.24. The first-order valence-electron chi connectivity index (χ1n) is 7.52. The average Bonchev–Trinajstić information content (AvgIpc) is 3.10. The van der Waals surface area contributed by atoms with E-state index in [1.807, 2.05) is 18.2 Å². The van der Waals surface area contributed by atoms with E-state index in [0.717, 1.165) is 10.3 Å². The number of hydrogen-bond donors (Lipinski definition) is 1. The normalized spacial score (nSPS) is 14.8. The second-order valence-electron chi connectivity index (χ2n) is 5.63. The van der Waals surface area contributed by atoms with Crippen molar-refractivity contribution >= 4 is 55.3 Å². The third kappa shape index (κ3) is 2.78. The quantitative estimate of drug-likeness (QED) is 0.740. The van der Waals surface area contributed by atoms with E-state index in [0.29, 0.717) is 22.0 Å². The molecule has 0 bridgehead atoms. The van der Waals surface area contributed by atoms with Gasteiger partial charge in [-0.15, -0.1) is 11.3 Å². The molecule has 25 heavy (non-hydrogen) atoms. The van der Waals surface area contributed by atoms with E-state index in [-0.39, 0.29) is 17.3 Å². The van der Waals surface area contributed by atoms with Gasteiger partial charge in [-0.05, 0) is 29.7 Å². The van der Waals surface area contributed by atoms with Gasteiger partial charge in [0.1, 0.15) is 6.54 Å². The smallest absolute Gasteiger partial charge is 0.265 e. The predicted molar refractivity (Wildman–Crippen MR) is 99.7 cm³/mol. The summed E-state index contributed by atoms with van der Waals surface area (Å²) < 4.78 is 27.4. The highest BCUT2D eigenvalue weighted by Gasteiger charge is 2.36. The molecule has 0 aliphatic carbocycles. The molecule has 1 aliphatic heterocycles. The van der Waals surface area contributed by atoms with Gasteiger partial charge in [0.25, 0.3) is 10.0 Å². The van der Waals surface area contributed by atoms with E-state index in [1.165, 1.54) is 15.6 Å². The topological polar surface area (TPSA) is 66.5 Å². The number of rotatable bonds is 4. The summed E-state index contributed by atoms with van der Waals surface area (Å²) in [6, 6.07) is 14.1. The molecule has 0 radical (unpaired) electrons. The van der Waals surface area contributed by atoms with Crippen LogP contribution in [0.5, 0.6) is 0 Å². The van der Waals surface area contributed by atoms with E-state index < -0.39 is 10.0 Å². The van der Waals surface area contributed by atoms with Crippen molar-refractivity contribution in [3.05, 3.63) is 57.7 Å². The van der Waals surface area contributed by atoms with E-state index >= 15 is 0 Å². The fourth-order valence-corrected chi connectivity index (χ4v) is 5.64. The standard InChI is InChI=1S/C17H13ClN2O3S2/c18-15-8-7-12(24-15)9-19-16(21)10-20-13-5-1-3-11-4-2-6-14(17(11)13)25(20,22)23/h1-8H,9-10H2,(H,19,21). The maximum atomic E-state index is 12.8. The molecule has 1 amide bonds. The molecule has 0 saturated carbocycles. The maximum absolute atomic E-state index is 12.8. The molecule has 2 heterocycles. The Morgan fingerprint density at radius 2 is 1.88 bits per heavy atom. The van der Waals surface area contributed by atoms with Gasteiger partial charge < -0.3 is 5.32 Å². The third-order valence-electron chi connectivity index (χ3n) is 4.06. The zero-order chi connectivity index (χ0) is 17.6. The first kappa shape index (κ1) is 16.4. The number of benzene rings is 2. The van der Waals surface area contributed by atoms with E-state index in [4.69, 9.17) is 11.6 Å². The molecule has 0 saturated heterocycles. The molecule has 0 atom stereocenters. The van der Waals surface area contributed by atoms with E-state index in [9.17, 15) is 13.2 Å². The number of nitrogens with zero attached hydrogens (tertiary/aromatic N) is 1. The summed E-state index contributed by atoms with van der Waals surface area (Å²) in [5.74, 6) is -0.363. The van der Waals surface area contributed by atoms with Crippen molar-refractivity contribution in [2.24, 2.45) is 0 Å². The molecule has 0 unspecified atom stereocenters. The molecule has 8 heteroatoms. The van der Waals surface area contributed by atoms with Crippen molar-refractivity contribution < 1.29 is 13.2 Å². The van der Waals surface area contributed by atoms with Crippen LogP contribution in [-0.2, 0) is 21.4 Å². The van der Waals surface area contributed by atoms with Crippen molar-refractivity contribution in [2.45, 2.75) is 11.4 Å². The largest absolute Gasteiger partial charge is 0.350 e. The number of nitrogens with one attached hydrogen (secondary N) is 1. The fraction of sp³-hybridized carbons (Fsp3) is 0.118. The molecule has 0 spiro atoms. The van der Waals surface area contributed by atoms with Crippen LogP contribution in [0.4, 0.5) is 5.69 Å². The Kier molecular flexibility index (Phi) is 3.94. The van der Waals surface area contributed by atoms with Crippen LogP contribution in [0.2, 0.25) is 4.34 Å². The highest BCUT2D eigenvalue weighted by molar-refractivity contribution is 7.93. The molecular weight excluding hydrogens is 380 g/mol. The Hall–Kier alpha value is -2.09. The molecule has 2 aromatic carbocycles. The second-order valence-corrected chi connectivity index (χ2v) is 9.26. The highest BCUT2D eigenvalue weighted by Crippen LogP contribution is 2.41. The zero-order valence-corrected chi connectivity index (χ0v) is 15.3. The number of halogens is 1. The zero-order valence-electron chi connectivity index (χ0n) is 12.9. The first-order chi connectivity index (χ1) is 12.0. The number of thiophene rings is 1. The van der Waals surface area contributed by atoms with Crippen molar-refractivity contribution in [2.75, 3.05) is 10.8 Å². The Labute approximate surface area is 153 Å². The van der Waals surface area contributed by atoms with Crippen molar-refractivity contribution in [3.63, 3.8) is 0 Å². The lowest BCUT2D eigenvalue weighted by atomic mass is 10.1. The summed E-state index contributed by atoms with van der Waals surface area (Å²) in [5, 5.41) is 4.25. The predicted octanol–water partition coefficient (Wildman–Crippen LogP) is 3.38. The van der Waals surface area contributed by atoms with Gasteiger partial charge in [-0.3, -0.25) is 9.10 Å². The third-order valence-corrected chi connectivity index (χ3v) is 7.09. The van der Waals surface area contributed by atoms with Gasteiger partial charge >= 0.3 is 0 Å². The number of amides is 1. The molecule has 3 aromatic rings. The molecule has 1 aliphatic rings. The molecule has 0 fully saturated rings. The van der Waals surface area contributed by atoms with Crippen LogP contribution in [0.15, 0.2) is 53.4 Å². The minimum absolute atomic E-state index is 0.249. The summed E-state index contributed by atoms with van der Waals surface area (Å²) in [6.07, 6.45) is 0. The van der Waals surface area contributed by atoms with Gasteiger partial charge in [-0.1, -0.05) is 35.9 Å². The van der Waals surface area contributed by atoms with Crippen LogP contribution >= 0.6 is 22.9 Å². The number of sulfonamides is 1. The van der Waals surface area contributed by atoms with E-state index in [2.05, 4.69) is 5.32 Å². The minimum atomic E-state index is -3.72. The van der Waals surface area contributed by atoms with Gasteiger partial charge in [-0.25, -0.2) is 8.42 Å². The van der Waals surface area contributed by atoms with Crippen LogP contribution in [-0.4, -0.2) is 20.9 Å². The van der Waals surface area contributed by atoms with Gasteiger partial charge in [0.05, 0.1) is 21.5 Å². The Morgan fingerprint density at radius 1 is 1.12 bits per heavy atom. The van der Waals surface area contributed by atoms with Gasteiger partial charge in [0.2, 0.25) is 5.91 Å². The summed E-state index contributed by atoms with van der Waals surface area (Å²) in [7, 11) is -3.72. The van der Waals surface area contributed by atoms with Crippen LogP contribution in [0.1, 0.15) is 4.88 Å². The lowest BCUT2D eigenvalue weighted by Crippen LogP contribution is -2.38. The number of carbonyl (C=O) groups is 1. The lowest BCUT2D eigenvalue weighted by molar-refractivity contribution is -0.119. The Balaban J connectivity index is 1.59. The van der Waals surface area contributed by atoms with Gasteiger partial charge in [0, 0.05) is 10.3 Å². The number of anilines is 1. The molecule has 128 valence electrons. The minimum Gasteiger partial charge on any atom is -0.350 e. The Morgan fingerprint density at radius 3 is 2.60 bits per heavy atom. The molecule has 4 rings (SSSR count). The summed E-state index contributed by atoms with van der Waals surface area (Å²) in [5.41, 5.74) is 0.544. The van der Waals surface area contributed by atoms with Crippen molar-refractivity contribution in [3.8, 4) is 0 Å². The van der Waals surface area contributed by atoms with Crippen molar-refractivity contribution in [1.29, 1.82) is 0 Å². The maximum Gasteiger partial charge on any atom is 0.265 e. The molecule has 5 nitrogen and oxygen atoms in total. The van der Waals surface area contributed by atoms with Crippen molar-refractivity contribution in [1.82, 2.24) is 5.32 Å². The number of hydrogen-bond acceptors (Lipinski definition) is 4. The van der Waals surface area contributed by atoms with Crippen LogP contribution < -0.4 is 9.62 Å². The van der Waals surface area contributed by atoms with Crippen LogP contribution in [0.3, 0.4) is 0 Å². The SMILES string of the molecule is O=C(CN1c2cccc3cccc(c23)S1(=O)=O)NCc1ccc(Cl)s1. The average molecular weight is 393 g/mol. The first-order valence-corrected chi connectivity index (χ1v) is 10.2.